The van der Waals surface area contributed by atoms with E-state index in [0.717, 1.165) is 7.11 Å². The summed E-state index contributed by atoms with van der Waals surface area (Å²) in [6.45, 7) is 0. The highest BCUT2D eigenvalue weighted by atomic mass is 19.2. The number of rotatable bonds is 2. The molecule has 0 bridgehead atoms. The Morgan fingerprint density at radius 2 is 2.00 bits per heavy atom. The molecule has 0 fully saturated rings. The molecule has 14 heavy (non-hydrogen) atoms. The van der Waals surface area contributed by atoms with Crippen molar-refractivity contribution in [1.82, 2.24) is 0 Å². The molecule has 1 aromatic rings. The molecule has 1 rings (SSSR count). The van der Waals surface area contributed by atoms with Crippen LogP contribution in [0.15, 0.2) is 11.2 Å². The van der Waals surface area contributed by atoms with Gasteiger partial charge in [-0.15, -0.1) is 0 Å². The minimum Gasteiger partial charge on any atom is -0.491 e. The number of methoxy groups -OCH3 is 1. The molecule has 1 N–H and O–H groups in total. The number of hydrogen-bond donors (Lipinski definition) is 1. The highest BCUT2D eigenvalue weighted by Crippen LogP contribution is 2.25. The Bertz CT molecular complexity index is 379. The predicted octanol–water partition coefficient (Wildman–Crippen LogP) is 1.92. The molecule has 6 heteroatoms. The molecule has 0 spiro atoms. The Labute approximate surface area is 77.4 Å². The maximum absolute atomic E-state index is 13.0. The summed E-state index contributed by atoms with van der Waals surface area (Å²) in [6, 6.07) is 0.664. The molecule has 3 nitrogen and oxygen atoms in total. The van der Waals surface area contributed by atoms with Crippen LogP contribution in [-0.4, -0.2) is 18.5 Å². The zero-order valence-corrected chi connectivity index (χ0v) is 7.09. The largest absolute Gasteiger partial charge is 0.491 e. The third kappa shape index (κ3) is 1.63. The van der Waals surface area contributed by atoms with Crippen LogP contribution >= 0.6 is 0 Å². The molecule has 0 aliphatic heterocycles. The van der Waals surface area contributed by atoms with Crippen molar-refractivity contribution in [2.45, 2.75) is 0 Å². The number of benzene rings is 1. The van der Waals surface area contributed by atoms with Crippen molar-refractivity contribution < 1.29 is 23.1 Å². The van der Waals surface area contributed by atoms with Gasteiger partial charge in [0.15, 0.2) is 17.4 Å². The lowest BCUT2D eigenvalue weighted by Gasteiger charge is -2.05. The topological polar surface area (TPSA) is 41.8 Å². The second kappa shape index (κ2) is 3.99. The summed E-state index contributed by atoms with van der Waals surface area (Å²) in [5.74, 6) is -4.66. The lowest BCUT2D eigenvalue weighted by Crippen LogP contribution is -2.00. The summed E-state index contributed by atoms with van der Waals surface area (Å²) < 4.78 is 43.2. The maximum atomic E-state index is 13.0. The fourth-order valence-corrected chi connectivity index (χ4v) is 0.940. The SMILES string of the molecule is COc1c(F)cc(C=NO)c(F)c1F. The summed E-state index contributed by atoms with van der Waals surface area (Å²) in [5, 5.41) is 10.5. The van der Waals surface area contributed by atoms with Gasteiger partial charge in [0.05, 0.1) is 13.3 Å². The molecule has 0 radical (unpaired) electrons. The van der Waals surface area contributed by atoms with Gasteiger partial charge >= 0.3 is 0 Å². The van der Waals surface area contributed by atoms with Crippen LogP contribution in [0.2, 0.25) is 0 Å². The number of oxime groups is 1. The van der Waals surface area contributed by atoms with E-state index in [1.54, 1.807) is 0 Å². The molecule has 0 atom stereocenters. The van der Waals surface area contributed by atoms with Crippen molar-refractivity contribution in [1.29, 1.82) is 0 Å². The van der Waals surface area contributed by atoms with Crippen LogP contribution in [0.25, 0.3) is 0 Å². The van der Waals surface area contributed by atoms with Gasteiger partial charge < -0.3 is 9.94 Å². The van der Waals surface area contributed by atoms with Crippen molar-refractivity contribution >= 4 is 6.21 Å². The normalized spacial score (nSPS) is 10.9. The molecule has 0 saturated carbocycles. The Kier molecular flexibility index (Phi) is 2.95. The first-order chi connectivity index (χ1) is 6.61. The summed E-state index contributed by atoms with van der Waals surface area (Å²) in [7, 11) is 1.01. The van der Waals surface area contributed by atoms with Gasteiger partial charge in [-0.05, 0) is 6.07 Å². The molecule has 0 unspecified atom stereocenters. The Hall–Kier alpha value is -1.72. The van der Waals surface area contributed by atoms with Crippen LogP contribution in [-0.2, 0) is 0 Å². The third-order valence-corrected chi connectivity index (χ3v) is 1.55. The average molecular weight is 205 g/mol. The molecule has 0 heterocycles. The van der Waals surface area contributed by atoms with Gasteiger partial charge in [0.1, 0.15) is 0 Å². The monoisotopic (exact) mass is 205 g/mol. The zero-order chi connectivity index (χ0) is 10.7. The Morgan fingerprint density at radius 1 is 1.36 bits per heavy atom. The molecule has 76 valence electrons. The van der Waals surface area contributed by atoms with Gasteiger partial charge in [0.2, 0.25) is 5.82 Å². The van der Waals surface area contributed by atoms with E-state index < -0.39 is 28.8 Å². The van der Waals surface area contributed by atoms with Crippen LogP contribution in [0.5, 0.6) is 5.75 Å². The van der Waals surface area contributed by atoms with E-state index in [4.69, 9.17) is 5.21 Å². The van der Waals surface area contributed by atoms with Crippen molar-refractivity contribution in [3.8, 4) is 5.75 Å². The van der Waals surface area contributed by atoms with E-state index in [9.17, 15) is 13.2 Å². The summed E-state index contributed by atoms with van der Waals surface area (Å²) in [6.07, 6.45) is 0.584. The van der Waals surface area contributed by atoms with Crippen LogP contribution < -0.4 is 4.74 Å². The summed E-state index contributed by atoms with van der Waals surface area (Å²) in [4.78, 5) is 0. The van der Waals surface area contributed by atoms with E-state index in [2.05, 4.69) is 9.89 Å². The highest BCUT2D eigenvalue weighted by molar-refractivity contribution is 5.79. The van der Waals surface area contributed by atoms with Gasteiger partial charge in [-0.1, -0.05) is 5.16 Å². The molecule has 0 saturated heterocycles. The second-order valence-corrected chi connectivity index (χ2v) is 2.35. The fourth-order valence-electron chi connectivity index (χ4n) is 0.940. The van der Waals surface area contributed by atoms with E-state index in [-0.39, 0.29) is 0 Å². The maximum Gasteiger partial charge on any atom is 0.204 e. The predicted molar refractivity (Wildman–Crippen MR) is 42.2 cm³/mol. The molecular formula is C8H6F3NO2. The zero-order valence-electron chi connectivity index (χ0n) is 7.09. The average Bonchev–Trinajstić information content (AvgIpc) is 2.15. The van der Waals surface area contributed by atoms with Crippen LogP contribution in [0.4, 0.5) is 13.2 Å². The first kappa shape index (κ1) is 10.4. The minimum absolute atomic E-state index is 0.497. The number of hydrogen-bond acceptors (Lipinski definition) is 3. The quantitative estimate of drug-likeness (QED) is 0.347. The Morgan fingerprint density at radius 3 is 2.50 bits per heavy atom. The smallest absolute Gasteiger partial charge is 0.204 e. The molecule has 0 aliphatic rings. The minimum atomic E-state index is -1.46. The number of halogens is 3. The lowest BCUT2D eigenvalue weighted by atomic mass is 10.2. The summed E-state index contributed by atoms with van der Waals surface area (Å²) >= 11 is 0. The van der Waals surface area contributed by atoms with Crippen molar-refractivity contribution in [2.24, 2.45) is 5.16 Å². The molecule has 0 aromatic heterocycles. The number of nitrogens with zero attached hydrogens (tertiary/aromatic N) is 1. The second-order valence-electron chi connectivity index (χ2n) is 2.35. The van der Waals surface area contributed by atoms with Gasteiger partial charge in [0, 0.05) is 5.56 Å². The molecule has 0 amide bonds. The Balaban J connectivity index is 3.39. The van der Waals surface area contributed by atoms with E-state index in [1.807, 2.05) is 0 Å². The van der Waals surface area contributed by atoms with Crippen LogP contribution in [0, 0.1) is 17.5 Å². The first-order valence-corrected chi connectivity index (χ1v) is 3.50. The van der Waals surface area contributed by atoms with Gasteiger partial charge in [-0.25, -0.2) is 8.78 Å². The van der Waals surface area contributed by atoms with Crippen molar-refractivity contribution in [2.75, 3.05) is 7.11 Å². The van der Waals surface area contributed by atoms with Gasteiger partial charge in [0.25, 0.3) is 0 Å². The molecule has 0 aliphatic carbocycles. The molecular weight excluding hydrogens is 199 g/mol. The lowest BCUT2D eigenvalue weighted by molar-refractivity contribution is 0.321. The van der Waals surface area contributed by atoms with Gasteiger partial charge in [-0.2, -0.15) is 4.39 Å². The standard InChI is InChI=1S/C8H6F3NO2/c1-14-8-5(9)2-4(3-12-13)6(10)7(8)11/h2-3,13H,1H3. The third-order valence-electron chi connectivity index (χ3n) is 1.55. The van der Waals surface area contributed by atoms with Crippen LogP contribution in [0.3, 0.4) is 0 Å². The number of ether oxygens (including phenoxy) is 1. The molecule has 1 aromatic carbocycles. The van der Waals surface area contributed by atoms with Crippen molar-refractivity contribution in [3.63, 3.8) is 0 Å². The van der Waals surface area contributed by atoms with Crippen molar-refractivity contribution in [3.05, 3.63) is 29.1 Å². The fraction of sp³-hybridized carbons (Fsp3) is 0.125. The first-order valence-electron chi connectivity index (χ1n) is 3.50. The highest BCUT2D eigenvalue weighted by Gasteiger charge is 2.18. The van der Waals surface area contributed by atoms with Gasteiger partial charge in [-0.3, -0.25) is 0 Å². The summed E-state index contributed by atoms with van der Waals surface area (Å²) in [5.41, 5.74) is -0.497. The van der Waals surface area contributed by atoms with E-state index in [1.165, 1.54) is 0 Å². The van der Waals surface area contributed by atoms with Crippen LogP contribution in [0.1, 0.15) is 5.56 Å². The van der Waals surface area contributed by atoms with E-state index in [0.29, 0.717) is 12.3 Å². The van der Waals surface area contributed by atoms with E-state index >= 15 is 0 Å².